The molecule has 7 heteroatoms. The zero-order valence-corrected chi connectivity index (χ0v) is 14.3. The van der Waals surface area contributed by atoms with Crippen LogP contribution in [0.4, 0.5) is 4.79 Å². The van der Waals surface area contributed by atoms with Crippen LogP contribution in [0, 0.1) is 0 Å². The maximum atomic E-state index is 12.0. The summed E-state index contributed by atoms with van der Waals surface area (Å²) in [5, 5.41) is 19.5. The van der Waals surface area contributed by atoms with Crippen molar-refractivity contribution in [3.05, 3.63) is 36.2 Å². The topological polar surface area (TPSA) is 100 Å². The minimum Gasteiger partial charge on any atom is -0.391 e. The molecular weight excluding hydrogens is 320 g/mol. The van der Waals surface area contributed by atoms with Crippen LogP contribution in [0.1, 0.15) is 44.4 Å². The number of nitrogens with one attached hydrogen (secondary N) is 2. The van der Waals surface area contributed by atoms with E-state index < -0.39 is 6.10 Å². The Morgan fingerprint density at radius 3 is 2.84 bits per heavy atom. The predicted molar refractivity (Wildman–Crippen MR) is 92.9 cm³/mol. The molecule has 1 aliphatic carbocycles. The van der Waals surface area contributed by atoms with E-state index in [4.69, 9.17) is 4.52 Å². The van der Waals surface area contributed by atoms with Crippen LogP contribution >= 0.6 is 0 Å². The van der Waals surface area contributed by atoms with Gasteiger partial charge in [-0.1, -0.05) is 55.3 Å². The fourth-order valence-electron chi connectivity index (χ4n) is 2.97. The Bertz CT molecular complexity index is 689. The predicted octanol–water partition coefficient (Wildman–Crippen LogP) is 2.44. The Morgan fingerprint density at radius 2 is 2.08 bits per heavy atom. The van der Waals surface area contributed by atoms with Crippen LogP contribution < -0.4 is 10.6 Å². The molecule has 7 nitrogen and oxygen atoms in total. The molecule has 1 aromatic carbocycles. The van der Waals surface area contributed by atoms with Gasteiger partial charge < -0.3 is 20.3 Å². The minimum absolute atomic E-state index is 0.105. The van der Waals surface area contributed by atoms with Crippen molar-refractivity contribution in [1.82, 2.24) is 20.8 Å². The van der Waals surface area contributed by atoms with Crippen LogP contribution in [0.5, 0.6) is 0 Å². The van der Waals surface area contributed by atoms with Gasteiger partial charge in [-0.2, -0.15) is 4.98 Å². The van der Waals surface area contributed by atoms with Crippen molar-refractivity contribution in [2.45, 2.75) is 50.7 Å². The molecule has 2 amide bonds. The second-order valence-corrected chi connectivity index (χ2v) is 6.54. The normalized spacial score (nSPS) is 21.5. The molecule has 25 heavy (non-hydrogen) atoms. The lowest BCUT2D eigenvalue weighted by Gasteiger charge is -2.28. The number of amides is 2. The molecule has 3 atom stereocenters. The first-order chi connectivity index (χ1) is 12.1. The summed E-state index contributed by atoms with van der Waals surface area (Å²) in [7, 11) is 0. The number of urea groups is 1. The van der Waals surface area contributed by atoms with Crippen molar-refractivity contribution in [2.24, 2.45) is 0 Å². The van der Waals surface area contributed by atoms with Gasteiger partial charge in [0.2, 0.25) is 11.7 Å². The quantitative estimate of drug-likeness (QED) is 0.773. The molecule has 0 bridgehead atoms. The first-order valence-corrected chi connectivity index (χ1v) is 8.75. The first-order valence-electron chi connectivity index (χ1n) is 8.75. The molecule has 1 saturated carbocycles. The van der Waals surface area contributed by atoms with E-state index >= 15 is 0 Å². The van der Waals surface area contributed by atoms with Crippen LogP contribution in [0.2, 0.25) is 0 Å². The van der Waals surface area contributed by atoms with Gasteiger partial charge in [0.1, 0.15) is 0 Å². The number of hydrogen-bond donors (Lipinski definition) is 3. The van der Waals surface area contributed by atoms with Gasteiger partial charge in [-0.3, -0.25) is 0 Å². The highest BCUT2D eigenvalue weighted by atomic mass is 16.5. The molecule has 1 heterocycles. The van der Waals surface area contributed by atoms with Gasteiger partial charge in [0.05, 0.1) is 18.1 Å². The molecule has 134 valence electrons. The average Bonchev–Trinajstić information content (AvgIpc) is 3.13. The summed E-state index contributed by atoms with van der Waals surface area (Å²) in [6.07, 6.45) is 3.14. The maximum absolute atomic E-state index is 12.0. The fraction of sp³-hybridized carbons (Fsp3) is 0.500. The second-order valence-electron chi connectivity index (χ2n) is 6.54. The molecule has 0 aliphatic heterocycles. The van der Waals surface area contributed by atoms with Crippen LogP contribution in [0.15, 0.2) is 34.9 Å². The summed E-state index contributed by atoms with van der Waals surface area (Å²) in [6.45, 7) is 2.29. The van der Waals surface area contributed by atoms with Gasteiger partial charge in [0.15, 0.2) is 0 Å². The lowest BCUT2D eigenvalue weighted by molar-refractivity contribution is 0.0943. The van der Waals surface area contributed by atoms with E-state index in [0.29, 0.717) is 18.3 Å². The Hall–Kier alpha value is -2.41. The number of aliphatic hydroxyl groups excluding tert-OH is 1. The van der Waals surface area contributed by atoms with Crippen molar-refractivity contribution >= 4 is 6.03 Å². The summed E-state index contributed by atoms with van der Waals surface area (Å²) in [5.74, 6) is 0.918. The van der Waals surface area contributed by atoms with Gasteiger partial charge in [0, 0.05) is 12.1 Å². The van der Waals surface area contributed by atoms with E-state index in [1.807, 2.05) is 37.3 Å². The summed E-state index contributed by atoms with van der Waals surface area (Å²) in [5.41, 5.74) is 0.890. The van der Waals surface area contributed by atoms with Crippen molar-refractivity contribution in [1.29, 1.82) is 0 Å². The number of aromatic nitrogens is 2. The average molecular weight is 344 g/mol. The molecule has 2 aromatic rings. The summed E-state index contributed by atoms with van der Waals surface area (Å²) < 4.78 is 5.31. The zero-order valence-electron chi connectivity index (χ0n) is 14.3. The third kappa shape index (κ3) is 4.57. The maximum Gasteiger partial charge on any atom is 0.315 e. The Kier molecular flexibility index (Phi) is 5.65. The van der Waals surface area contributed by atoms with E-state index in [2.05, 4.69) is 20.8 Å². The highest BCUT2D eigenvalue weighted by Gasteiger charge is 2.24. The minimum atomic E-state index is -0.457. The lowest BCUT2D eigenvalue weighted by atomic mass is 9.93. The Labute approximate surface area is 146 Å². The van der Waals surface area contributed by atoms with Gasteiger partial charge in [0.25, 0.3) is 0 Å². The smallest absolute Gasteiger partial charge is 0.315 e. The van der Waals surface area contributed by atoms with Crippen molar-refractivity contribution in [2.75, 3.05) is 6.54 Å². The van der Waals surface area contributed by atoms with Gasteiger partial charge in [-0.15, -0.1) is 0 Å². The number of nitrogens with zero attached hydrogens (tertiary/aromatic N) is 2. The molecule has 1 aromatic heterocycles. The lowest BCUT2D eigenvalue weighted by Crippen LogP contribution is -2.49. The molecule has 3 rings (SSSR count). The highest BCUT2D eigenvalue weighted by Crippen LogP contribution is 2.20. The third-order valence-electron chi connectivity index (χ3n) is 4.51. The molecule has 3 N–H and O–H groups in total. The molecule has 0 spiro atoms. The van der Waals surface area contributed by atoms with E-state index in [0.717, 1.165) is 31.2 Å². The Balaban J connectivity index is 1.50. The molecule has 3 unspecified atom stereocenters. The van der Waals surface area contributed by atoms with Gasteiger partial charge >= 0.3 is 6.03 Å². The van der Waals surface area contributed by atoms with Crippen LogP contribution in [0.3, 0.4) is 0 Å². The second kappa shape index (κ2) is 8.11. The number of rotatable bonds is 5. The summed E-state index contributed by atoms with van der Waals surface area (Å²) in [4.78, 5) is 16.4. The first kappa shape index (κ1) is 17.4. The van der Waals surface area contributed by atoms with Gasteiger partial charge in [-0.05, 0) is 12.8 Å². The van der Waals surface area contributed by atoms with Crippen LogP contribution in [-0.2, 0) is 0 Å². The number of aliphatic hydroxyl groups is 1. The molecule has 1 aliphatic rings. The monoisotopic (exact) mass is 344 g/mol. The third-order valence-corrected chi connectivity index (χ3v) is 4.51. The number of carbonyl (C=O) groups excluding carboxylic acids is 1. The van der Waals surface area contributed by atoms with E-state index in [1.165, 1.54) is 0 Å². The Morgan fingerprint density at radius 1 is 1.32 bits per heavy atom. The molecule has 0 saturated heterocycles. The number of hydrogen-bond acceptors (Lipinski definition) is 5. The molecule has 0 radical (unpaired) electrons. The standard InChI is InChI=1S/C18H24N4O3/c1-12(11-19-18(24)20-14-9-5-6-10-15(14)23)17-21-16(22-25-17)13-7-3-2-4-8-13/h2-4,7-8,12,14-15,23H,5-6,9-11H2,1H3,(H2,19,20,24). The van der Waals surface area contributed by atoms with E-state index in [9.17, 15) is 9.90 Å². The fourth-order valence-corrected chi connectivity index (χ4v) is 2.97. The van der Waals surface area contributed by atoms with Crippen molar-refractivity contribution < 1.29 is 14.4 Å². The summed E-state index contributed by atoms with van der Waals surface area (Å²) >= 11 is 0. The van der Waals surface area contributed by atoms with E-state index in [-0.39, 0.29) is 18.0 Å². The molecule has 1 fully saturated rings. The molecular formula is C18H24N4O3. The van der Waals surface area contributed by atoms with E-state index in [1.54, 1.807) is 0 Å². The van der Waals surface area contributed by atoms with Gasteiger partial charge in [-0.25, -0.2) is 4.79 Å². The highest BCUT2D eigenvalue weighted by molar-refractivity contribution is 5.74. The largest absolute Gasteiger partial charge is 0.391 e. The van der Waals surface area contributed by atoms with Crippen molar-refractivity contribution in [3.63, 3.8) is 0 Å². The van der Waals surface area contributed by atoms with Crippen LogP contribution in [-0.4, -0.2) is 40.0 Å². The number of carbonyl (C=O) groups is 1. The zero-order chi connectivity index (χ0) is 17.6. The SMILES string of the molecule is CC(CNC(=O)NC1CCCCC1O)c1nc(-c2ccccc2)no1. The van der Waals surface area contributed by atoms with Crippen LogP contribution in [0.25, 0.3) is 11.4 Å². The summed E-state index contributed by atoms with van der Waals surface area (Å²) in [6, 6.07) is 9.15. The van der Waals surface area contributed by atoms with Crippen molar-refractivity contribution in [3.8, 4) is 11.4 Å². The number of benzene rings is 1.